The van der Waals surface area contributed by atoms with Crippen molar-refractivity contribution >= 4 is 11.9 Å². The molecule has 108 valence electrons. The van der Waals surface area contributed by atoms with E-state index in [-0.39, 0.29) is 17.2 Å². The second-order valence-electron chi connectivity index (χ2n) is 4.68. The Balaban J connectivity index is 2.02. The van der Waals surface area contributed by atoms with E-state index in [0.717, 1.165) is 5.56 Å². The maximum Gasteiger partial charge on any atom is 0.335 e. The molecule has 0 saturated heterocycles. The maximum atomic E-state index is 12.0. The number of aryl methyl sites for hydroxylation is 1. The summed E-state index contributed by atoms with van der Waals surface area (Å²) in [5.41, 5.74) is 2.20. The fourth-order valence-corrected chi connectivity index (χ4v) is 1.95. The van der Waals surface area contributed by atoms with Crippen molar-refractivity contribution < 1.29 is 19.8 Å². The Hall–Kier alpha value is -2.82. The number of carbonyl (C=O) groups is 2. The highest BCUT2D eigenvalue weighted by atomic mass is 16.4. The molecule has 0 heterocycles. The van der Waals surface area contributed by atoms with Gasteiger partial charge < -0.3 is 15.5 Å². The summed E-state index contributed by atoms with van der Waals surface area (Å²) in [4.78, 5) is 22.8. The van der Waals surface area contributed by atoms with Gasteiger partial charge in [0.25, 0.3) is 5.91 Å². The van der Waals surface area contributed by atoms with Crippen LogP contribution in [0.1, 0.15) is 31.8 Å². The number of amides is 1. The summed E-state index contributed by atoms with van der Waals surface area (Å²) in [6.45, 7) is 2.05. The van der Waals surface area contributed by atoms with E-state index in [2.05, 4.69) is 5.32 Å². The zero-order chi connectivity index (χ0) is 15.4. The Bertz CT molecular complexity index is 677. The SMILES string of the molecule is Cc1cc(O)ccc1C(=O)NCc1ccc(C(=O)O)cc1. The summed E-state index contributed by atoms with van der Waals surface area (Å²) < 4.78 is 0. The molecule has 2 rings (SSSR count). The Morgan fingerprint density at radius 1 is 1.10 bits per heavy atom. The molecule has 0 aromatic heterocycles. The van der Waals surface area contributed by atoms with E-state index in [1.54, 1.807) is 25.1 Å². The van der Waals surface area contributed by atoms with Crippen molar-refractivity contribution in [2.24, 2.45) is 0 Å². The van der Waals surface area contributed by atoms with Crippen LogP contribution in [0.4, 0.5) is 0 Å². The minimum atomic E-state index is -0.981. The molecule has 0 fully saturated rings. The smallest absolute Gasteiger partial charge is 0.335 e. The predicted octanol–water partition coefficient (Wildman–Crippen LogP) is 2.33. The molecular formula is C16H15NO4. The number of carbonyl (C=O) groups excluding carboxylic acids is 1. The van der Waals surface area contributed by atoms with Crippen molar-refractivity contribution in [1.29, 1.82) is 0 Å². The zero-order valence-electron chi connectivity index (χ0n) is 11.5. The lowest BCUT2D eigenvalue weighted by atomic mass is 10.1. The van der Waals surface area contributed by atoms with Gasteiger partial charge in [-0.25, -0.2) is 4.79 Å². The van der Waals surface area contributed by atoms with Gasteiger partial charge in [-0.15, -0.1) is 0 Å². The van der Waals surface area contributed by atoms with Crippen molar-refractivity contribution in [1.82, 2.24) is 5.32 Å². The molecule has 0 bridgehead atoms. The fraction of sp³-hybridized carbons (Fsp3) is 0.125. The van der Waals surface area contributed by atoms with E-state index in [9.17, 15) is 14.7 Å². The van der Waals surface area contributed by atoms with Gasteiger partial charge in [-0.3, -0.25) is 4.79 Å². The number of aromatic carboxylic acids is 1. The number of phenolic OH excluding ortho intramolecular Hbond substituents is 1. The zero-order valence-corrected chi connectivity index (χ0v) is 11.5. The number of carboxylic acid groups (broad SMARTS) is 1. The van der Waals surface area contributed by atoms with E-state index >= 15 is 0 Å². The minimum absolute atomic E-state index is 0.119. The van der Waals surface area contributed by atoms with Gasteiger partial charge in [0.15, 0.2) is 0 Å². The van der Waals surface area contributed by atoms with Gasteiger partial charge >= 0.3 is 5.97 Å². The first-order valence-electron chi connectivity index (χ1n) is 6.37. The summed E-state index contributed by atoms with van der Waals surface area (Å²) in [5, 5.41) is 20.9. The molecular weight excluding hydrogens is 270 g/mol. The summed E-state index contributed by atoms with van der Waals surface area (Å²) in [6, 6.07) is 10.9. The Morgan fingerprint density at radius 2 is 1.76 bits per heavy atom. The second-order valence-corrected chi connectivity index (χ2v) is 4.68. The van der Waals surface area contributed by atoms with Crippen LogP contribution in [0.2, 0.25) is 0 Å². The largest absolute Gasteiger partial charge is 0.508 e. The lowest BCUT2D eigenvalue weighted by Crippen LogP contribution is -2.23. The Kier molecular flexibility index (Phi) is 4.23. The fourth-order valence-electron chi connectivity index (χ4n) is 1.95. The highest BCUT2D eigenvalue weighted by Gasteiger charge is 2.09. The van der Waals surface area contributed by atoms with E-state index in [1.165, 1.54) is 24.3 Å². The van der Waals surface area contributed by atoms with Gasteiger partial charge in [-0.05, 0) is 48.4 Å². The normalized spacial score (nSPS) is 10.1. The molecule has 1 amide bonds. The number of phenols is 1. The molecule has 2 aromatic rings. The van der Waals surface area contributed by atoms with Crippen molar-refractivity contribution in [3.05, 3.63) is 64.7 Å². The average Bonchev–Trinajstić information content (AvgIpc) is 2.45. The number of rotatable bonds is 4. The number of aromatic hydroxyl groups is 1. The molecule has 2 aromatic carbocycles. The summed E-state index contributed by atoms with van der Waals surface area (Å²) >= 11 is 0. The highest BCUT2D eigenvalue weighted by molar-refractivity contribution is 5.95. The molecule has 5 nitrogen and oxygen atoms in total. The molecule has 21 heavy (non-hydrogen) atoms. The van der Waals surface area contributed by atoms with Crippen LogP contribution < -0.4 is 5.32 Å². The van der Waals surface area contributed by atoms with Crippen LogP contribution in [0, 0.1) is 6.92 Å². The number of hydrogen-bond acceptors (Lipinski definition) is 3. The number of nitrogens with one attached hydrogen (secondary N) is 1. The van der Waals surface area contributed by atoms with Crippen molar-refractivity contribution in [2.45, 2.75) is 13.5 Å². The van der Waals surface area contributed by atoms with Crippen molar-refractivity contribution in [2.75, 3.05) is 0 Å². The topological polar surface area (TPSA) is 86.6 Å². The van der Waals surface area contributed by atoms with Crippen LogP contribution in [0.15, 0.2) is 42.5 Å². The van der Waals surface area contributed by atoms with Gasteiger partial charge in [-0.1, -0.05) is 12.1 Å². The number of benzene rings is 2. The quantitative estimate of drug-likeness (QED) is 0.804. The highest BCUT2D eigenvalue weighted by Crippen LogP contribution is 2.15. The van der Waals surface area contributed by atoms with Gasteiger partial charge in [-0.2, -0.15) is 0 Å². The van der Waals surface area contributed by atoms with Crippen LogP contribution in [-0.4, -0.2) is 22.1 Å². The maximum absolute atomic E-state index is 12.0. The standard InChI is InChI=1S/C16H15NO4/c1-10-8-13(18)6-7-14(10)15(19)17-9-11-2-4-12(5-3-11)16(20)21/h2-8,18H,9H2,1H3,(H,17,19)(H,20,21). The summed E-state index contributed by atoms with van der Waals surface area (Å²) in [6.07, 6.45) is 0. The third kappa shape index (κ3) is 3.60. The molecule has 0 unspecified atom stereocenters. The molecule has 0 spiro atoms. The molecule has 0 radical (unpaired) electrons. The molecule has 0 saturated carbocycles. The molecule has 3 N–H and O–H groups in total. The van der Waals surface area contributed by atoms with Crippen LogP contribution in [0.5, 0.6) is 5.75 Å². The molecule has 5 heteroatoms. The third-order valence-corrected chi connectivity index (χ3v) is 3.11. The summed E-state index contributed by atoms with van der Waals surface area (Å²) in [7, 11) is 0. The van der Waals surface area contributed by atoms with E-state index < -0.39 is 5.97 Å². The monoisotopic (exact) mass is 285 g/mol. The lowest BCUT2D eigenvalue weighted by Gasteiger charge is -2.08. The van der Waals surface area contributed by atoms with Gasteiger partial charge in [0.2, 0.25) is 0 Å². The van der Waals surface area contributed by atoms with Crippen molar-refractivity contribution in [3.8, 4) is 5.75 Å². The Labute approximate surface area is 121 Å². The summed E-state index contributed by atoms with van der Waals surface area (Å²) in [5.74, 6) is -1.10. The van der Waals surface area contributed by atoms with Crippen LogP contribution >= 0.6 is 0 Å². The first-order valence-corrected chi connectivity index (χ1v) is 6.37. The number of hydrogen-bond donors (Lipinski definition) is 3. The van der Waals surface area contributed by atoms with Crippen LogP contribution in [-0.2, 0) is 6.54 Å². The second kappa shape index (κ2) is 6.09. The van der Waals surface area contributed by atoms with Crippen LogP contribution in [0.3, 0.4) is 0 Å². The molecule has 0 aliphatic carbocycles. The molecule has 0 atom stereocenters. The number of carboxylic acids is 1. The first kappa shape index (κ1) is 14.6. The molecule has 0 aliphatic rings. The van der Waals surface area contributed by atoms with E-state index in [0.29, 0.717) is 17.7 Å². The van der Waals surface area contributed by atoms with E-state index in [1.807, 2.05) is 0 Å². The average molecular weight is 285 g/mol. The molecule has 0 aliphatic heterocycles. The lowest BCUT2D eigenvalue weighted by molar-refractivity contribution is 0.0696. The van der Waals surface area contributed by atoms with E-state index in [4.69, 9.17) is 5.11 Å². The van der Waals surface area contributed by atoms with Gasteiger partial charge in [0, 0.05) is 12.1 Å². The minimum Gasteiger partial charge on any atom is -0.508 e. The van der Waals surface area contributed by atoms with Crippen LogP contribution in [0.25, 0.3) is 0 Å². The van der Waals surface area contributed by atoms with Crippen molar-refractivity contribution in [3.63, 3.8) is 0 Å². The third-order valence-electron chi connectivity index (χ3n) is 3.11. The van der Waals surface area contributed by atoms with Gasteiger partial charge in [0.05, 0.1) is 5.56 Å². The first-order chi connectivity index (χ1) is 9.97. The van der Waals surface area contributed by atoms with Gasteiger partial charge in [0.1, 0.15) is 5.75 Å². The predicted molar refractivity (Wildman–Crippen MR) is 77.4 cm³/mol. The Morgan fingerprint density at radius 3 is 2.33 bits per heavy atom.